The number of sulfonamides is 1. The van der Waals surface area contributed by atoms with E-state index >= 15 is 0 Å². The molecule has 1 aliphatic heterocycles. The third kappa shape index (κ3) is 5.39. The number of piperidine rings is 1. The van der Waals surface area contributed by atoms with Crippen LogP contribution in [-0.2, 0) is 14.8 Å². The van der Waals surface area contributed by atoms with Gasteiger partial charge in [-0.05, 0) is 42.5 Å². The molecule has 0 radical (unpaired) electrons. The van der Waals surface area contributed by atoms with Crippen LogP contribution in [0, 0.1) is 22.0 Å². The Labute approximate surface area is 181 Å². The van der Waals surface area contributed by atoms with Crippen molar-refractivity contribution in [3.63, 3.8) is 0 Å². The average Bonchev–Trinajstić information content (AvgIpc) is 2.67. The first-order chi connectivity index (χ1) is 14.6. The Morgan fingerprint density at radius 2 is 1.84 bits per heavy atom. The Balaban J connectivity index is 1.91. The molecule has 2 atom stereocenters. The first kappa shape index (κ1) is 22.7. The number of nitrogens with one attached hydrogen (secondary N) is 1. The SMILES string of the molecule is CC(=O)Nc1cccc(Oc2ccc(S(=O)(=O)N3C[C@@H](C)C[C@H](C)C3)cc2[N+](=O)[O-])c1. The number of carbonyl (C=O) groups is 1. The van der Waals surface area contributed by atoms with Crippen molar-refractivity contribution in [1.82, 2.24) is 4.31 Å². The Morgan fingerprint density at radius 1 is 1.16 bits per heavy atom. The molecule has 3 rings (SSSR count). The lowest BCUT2D eigenvalue weighted by atomic mass is 9.94. The van der Waals surface area contributed by atoms with Crippen molar-refractivity contribution in [3.05, 3.63) is 52.6 Å². The molecule has 1 saturated heterocycles. The van der Waals surface area contributed by atoms with Crippen LogP contribution in [0.3, 0.4) is 0 Å². The summed E-state index contributed by atoms with van der Waals surface area (Å²) in [5.41, 5.74) is 0.0179. The lowest BCUT2D eigenvalue weighted by Gasteiger charge is -2.34. The minimum Gasteiger partial charge on any atom is -0.450 e. The van der Waals surface area contributed by atoms with Crippen molar-refractivity contribution < 1.29 is 22.9 Å². The number of benzene rings is 2. The van der Waals surface area contributed by atoms with Gasteiger partial charge in [-0.3, -0.25) is 14.9 Å². The van der Waals surface area contributed by atoms with E-state index in [9.17, 15) is 23.3 Å². The van der Waals surface area contributed by atoms with E-state index in [1.165, 1.54) is 29.4 Å². The normalized spacial score (nSPS) is 19.6. The second-order valence-corrected chi connectivity index (χ2v) is 9.90. The van der Waals surface area contributed by atoms with Crippen LogP contribution >= 0.6 is 0 Å². The molecule has 1 amide bonds. The summed E-state index contributed by atoms with van der Waals surface area (Å²) >= 11 is 0. The van der Waals surface area contributed by atoms with Gasteiger partial charge in [0.05, 0.1) is 9.82 Å². The van der Waals surface area contributed by atoms with Crippen LogP contribution in [-0.4, -0.2) is 36.6 Å². The van der Waals surface area contributed by atoms with Gasteiger partial charge >= 0.3 is 5.69 Å². The third-order valence-electron chi connectivity index (χ3n) is 4.98. The van der Waals surface area contributed by atoms with E-state index in [2.05, 4.69) is 5.32 Å². The summed E-state index contributed by atoms with van der Waals surface area (Å²) in [6, 6.07) is 10.0. The van der Waals surface area contributed by atoms with Crippen LogP contribution in [0.1, 0.15) is 27.2 Å². The van der Waals surface area contributed by atoms with E-state index in [4.69, 9.17) is 4.74 Å². The maximum Gasteiger partial charge on any atom is 0.312 e. The molecule has 9 nitrogen and oxygen atoms in total. The fourth-order valence-corrected chi connectivity index (χ4v) is 5.51. The maximum atomic E-state index is 13.1. The number of rotatable bonds is 6. The lowest BCUT2D eigenvalue weighted by molar-refractivity contribution is -0.385. The number of nitrogens with zero attached hydrogens (tertiary/aromatic N) is 2. The van der Waals surface area contributed by atoms with E-state index in [0.29, 0.717) is 18.8 Å². The van der Waals surface area contributed by atoms with Crippen molar-refractivity contribution in [2.45, 2.75) is 32.1 Å². The Hall–Kier alpha value is -2.98. The summed E-state index contributed by atoms with van der Waals surface area (Å²) in [5, 5.41) is 14.2. The van der Waals surface area contributed by atoms with Crippen LogP contribution in [0.4, 0.5) is 11.4 Å². The minimum atomic E-state index is -3.87. The minimum absolute atomic E-state index is 0.0932. The number of nitro benzene ring substituents is 1. The van der Waals surface area contributed by atoms with E-state index < -0.39 is 20.6 Å². The molecular formula is C21H25N3O6S. The largest absolute Gasteiger partial charge is 0.450 e. The molecule has 0 bridgehead atoms. The molecule has 0 aromatic heterocycles. The molecule has 2 aromatic rings. The molecule has 1 heterocycles. The summed E-state index contributed by atoms with van der Waals surface area (Å²) < 4.78 is 33.2. The number of ether oxygens (including phenoxy) is 1. The van der Waals surface area contributed by atoms with Crippen molar-refractivity contribution in [1.29, 1.82) is 0 Å². The number of hydrogen-bond donors (Lipinski definition) is 1. The Bertz CT molecular complexity index is 1090. The number of carbonyl (C=O) groups excluding carboxylic acids is 1. The molecule has 0 aliphatic carbocycles. The van der Waals surface area contributed by atoms with E-state index in [0.717, 1.165) is 12.5 Å². The highest BCUT2D eigenvalue weighted by Crippen LogP contribution is 2.35. The second kappa shape index (κ2) is 9.03. The van der Waals surface area contributed by atoms with Gasteiger partial charge < -0.3 is 10.1 Å². The van der Waals surface area contributed by atoms with E-state index in [1.54, 1.807) is 18.2 Å². The van der Waals surface area contributed by atoms with E-state index in [-0.39, 0.29) is 34.1 Å². The van der Waals surface area contributed by atoms with Crippen molar-refractivity contribution in [3.8, 4) is 11.5 Å². The van der Waals surface area contributed by atoms with Crippen LogP contribution in [0.2, 0.25) is 0 Å². The summed E-state index contributed by atoms with van der Waals surface area (Å²) in [5.74, 6) is 0.339. The molecular weight excluding hydrogens is 422 g/mol. The van der Waals surface area contributed by atoms with Crippen LogP contribution in [0.15, 0.2) is 47.4 Å². The van der Waals surface area contributed by atoms with Crippen molar-refractivity contribution in [2.24, 2.45) is 11.8 Å². The molecule has 31 heavy (non-hydrogen) atoms. The number of anilines is 1. The summed E-state index contributed by atoms with van der Waals surface area (Å²) in [7, 11) is -3.87. The summed E-state index contributed by atoms with van der Waals surface area (Å²) in [6.45, 7) is 6.12. The van der Waals surface area contributed by atoms with Gasteiger partial charge in [-0.1, -0.05) is 19.9 Å². The van der Waals surface area contributed by atoms with Crippen molar-refractivity contribution >= 4 is 27.3 Å². The highest BCUT2D eigenvalue weighted by molar-refractivity contribution is 7.89. The molecule has 1 N–H and O–H groups in total. The molecule has 0 saturated carbocycles. The van der Waals surface area contributed by atoms with Gasteiger partial charge in [-0.15, -0.1) is 0 Å². The van der Waals surface area contributed by atoms with Crippen molar-refractivity contribution in [2.75, 3.05) is 18.4 Å². The fraction of sp³-hybridized carbons (Fsp3) is 0.381. The number of hydrogen-bond acceptors (Lipinski definition) is 6. The predicted molar refractivity (Wildman–Crippen MR) is 116 cm³/mol. The molecule has 1 aliphatic rings. The van der Waals surface area contributed by atoms with Gasteiger partial charge in [0.2, 0.25) is 21.7 Å². The molecule has 0 unspecified atom stereocenters. The zero-order valence-electron chi connectivity index (χ0n) is 17.6. The monoisotopic (exact) mass is 447 g/mol. The third-order valence-corrected chi connectivity index (χ3v) is 6.81. The highest BCUT2D eigenvalue weighted by Gasteiger charge is 2.33. The highest BCUT2D eigenvalue weighted by atomic mass is 32.2. The molecule has 166 valence electrons. The average molecular weight is 448 g/mol. The lowest BCUT2D eigenvalue weighted by Crippen LogP contribution is -2.42. The van der Waals surface area contributed by atoms with Gasteiger partial charge in [0.15, 0.2) is 0 Å². The first-order valence-electron chi connectivity index (χ1n) is 9.90. The topological polar surface area (TPSA) is 119 Å². The summed E-state index contributed by atoms with van der Waals surface area (Å²) in [4.78, 5) is 22.1. The Kier molecular flexibility index (Phi) is 6.61. The summed E-state index contributed by atoms with van der Waals surface area (Å²) in [6.07, 6.45) is 0.941. The fourth-order valence-electron chi connectivity index (χ4n) is 3.81. The zero-order valence-corrected chi connectivity index (χ0v) is 18.4. The number of amides is 1. The Morgan fingerprint density at radius 3 is 2.45 bits per heavy atom. The smallest absolute Gasteiger partial charge is 0.312 e. The quantitative estimate of drug-likeness (QED) is 0.528. The van der Waals surface area contributed by atoms with E-state index in [1.807, 2.05) is 13.8 Å². The predicted octanol–water partition coefficient (Wildman–Crippen LogP) is 4.01. The van der Waals surface area contributed by atoms with Gasteiger partial charge in [0.1, 0.15) is 5.75 Å². The standard InChI is InChI=1S/C21H25N3O6S/c1-14-9-15(2)13-23(12-14)31(28,29)19-7-8-21(20(11-19)24(26)27)30-18-6-4-5-17(10-18)22-16(3)25/h4-8,10-11,14-15H,9,12-13H2,1-3H3,(H,22,25)/t14-,15-/m0/s1. The number of nitro groups is 1. The zero-order chi connectivity index (χ0) is 22.8. The van der Waals surface area contributed by atoms with Gasteiger partial charge in [-0.25, -0.2) is 8.42 Å². The molecule has 1 fully saturated rings. The molecule has 0 spiro atoms. The second-order valence-electron chi connectivity index (χ2n) is 7.97. The van der Waals surface area contributed by atoms with Gasteiger partial charge in [0, 0.05) is 37.8 Å². The van der Waals surface area contributed by atoms with Crippen LogP contribution in [0.25, 0.3) is 0 Å². The molecule has 10 heteroatoms. The maximum absolute atomic E-state index is 13.1. The first-order valence-corrected chi connectivity index (χ1v) is 11.3. The molecule has 2 aromatic carbocycles. The van der Waals surface area contributed by atoms with Gasteiger partial charge in [-0.2, -0.15) is 4.31 Å². The van der Waals surface area contributed by atoms with Crippen LogP contribution < -0.4 is 10.1 Å². The van der Waals surface area contributed by atoms with Crippen LogP contribution in [0.5, 0.6) is 11.5 Å². The van der Waals surface area contributed by atoms with Gasteiger partial charge in [0.25, 0.3) is 0 Å².